The molecule has 0 saturated carbocycles. The molecule has 0 atom stereocenters. The normalized spacial score (nSPS) is 11.4. The number of benzene rings is 1. The van der Waals surface area contributed by atoms with Crippen LogP contribution in [0.5, 0.6) is 0 Å². The minimum absolute atomic E-state index is 0.0333. The minimum atomic E-state index is -3.92. The van der Waals surface area contributed by atoms with Gasteiger partial charge in [-0.25, -0.2) is 13.4 Å². The summed E-state index contributed by atoms with van der Waals surface area (Å²) < 4.78 is 27.4. The molecule has 0 unspecified atom stereocenters. The van der Waals surface area contributed by atoms with Gasteiger partial charge in [0.2, 0.25) is 0 Å². The van der Waals surface area contributed by atoms with Gasteiger partial charge in [0.25, 0.3) is 10.0 Å². The van der Waals surface area contributed by atoms with E-state index in [2.05, 4.69) is 25.6 Å². The third kappa shape index (κ3) is 3.38. The number of nitrogens with zero attached hydrogens (tertiary/aromatic N) is 1. The van der Waals surface area contributed by atoms with Gasteiger partial charge < -0.3 is 0 Å². The molecule has 0 bridgehead atoms. The zero-order valence-corrected chi connectivity index (χ0v) is 14.2. The molecule has 0 spiro atoms. The topological polar surface area (TPSA) is 59.1 Å². The monoisotopic (exact) mass is 414 g/mol. The molecule has 2 rings (SSSR count). The summed E-state index contributed by atoms with van der Waals surface area (Å²) in [7, 11) is -3.92. The molecule has 0 fully saturated rings. The number of nitrogens with one attached hydrogen (secondary N) is 1. The van der Waals surface area contributed by atoms with Crippen LogP contribution >= 0.6 is 50.7 Å². The van der Waals surface area contributed by atoms with Crippen molar-refractivity contribution in [3.63, 3.8) is 0 Å². The fourth-order valence-corrected chi connectivity index (χ4v) is 4.06. The number of halogens is 4. The van der Waals surface area contributed by atoms with E-state index in [1.807, 2.05) is 0 Å². The molecule has 9 heteroatoms. The molecule has 0 aliphatic rings. The average molecular weight is 417 g/mol. The van der Waals surface area contributed by atoms with Crippen molar-refractivity contribution in [3.05, 3.63) is 50.1 Å². The number of hydrogen-bond donors (Lipinski definition) is 1. The van der Waals surface area contributed by atoms with Gasteiger partial charge in [0.05, 0.1) is 26.4 Å². The van der Waals surface area contributed by atoms with Crippen LogP contribution in [0, 0.1) is 0 Å². The molecule has 0 amide bonds. The number of anilines is 1. The second-order valence-electron chi connectivity index (χ2n) is 3.65. The van der Waals surface area contributed by atoms with Gasteiger partial charge >= 0.3 is 0 Å². The van der Waals surface area contributed by atoms with Crippen molar-refractivity contribution in [2.24, 2.45) is 0 Å². The summed E-state index contributed by atoms with van der Waals surface area (Å²) in [6.45, 7) is 0. The Bertz CT molecular complexity index is 748. The number of rotatable bonds is 3. The van der Waals surface area contributed by atoms with E-state index in [9.17, 15) is 8.42 Å². The van der Waals surface area contributed by atoms with Crippen molar-refractivity contribution in [3.8, 4) is 0 Å². The summed E-state index contributed by atoms with van der Waals surface area (Å²) in [6.07, 6.45) is 1.29. The fourth-order valence-electron chi connectivity index (χ4n) is 1.42. The Morgan fingerprint density at radius 3 is 2.30 bits per heavy atom. The Labute approximate surface area is 139 Å². The Hall–Kier alpha value is -0.530. The molecule has 0 aliphatic carbocycles. The molecule has 0 radical (unpaired) electrons. The summed E-state index contributed by atoms with van der Waals surface area (Å²) in [4.78, 5) is 3.64. The summed E-state index contributed by atoms with van der Waals surface area (Å²) in [5.74, 6) is 0. The highest BCUT2D eigenvalue weighted by atomic mass is 79.9. The predicted molar refractivity (Wildman–Crippen MR) is 84.2 cm³/mol. The SMILES string of the molecule is O=S(=O)(Nc1cnc(Cl)c(Br)c1)c1c(Cl)cccc1Cl. The van der Waals surface area contributed by atoms with E-state index in [4.69, 9.17) is 34.8 Å². The molecule has 2 aromatic rings. The Kier molecular flexibility index (Phi) is 4.81. The van der Waals surface area contributed by atoms with Crippen molar-refractivity contribution >= 4 is 66.4 Å². The van der Waals surface area contributed by atoms with Gasteiger partial charge in [-0.15, -0.1) is 0 Å². The maximum atomic E-state index is 12.3. The first-order valence-corrected chi connectivity index (χ1v) is 8.50. The van der Waals surface area contributed by atoms with E-state index in [0.29, 0.717) is 4.47 Å². The molecule has 1 aromatic heterocycles. The van der Waals surface area contributed by atoms with Crippen molar-refractivity contribution in [1.29, 1.82) is 0 Å². The number of sulfonamides is 1. The third-order valence-electron chi connectivity index (χ3n) is 2.24. The number of hydrogen-bond acceptors (Lipinski definition) is 3. The minimum Gasteiger partial charge on any atom is -0.278 e. The van der Waals surface area contributed by atoms with Crippen molar-refractivity contribution in [1.82, 2.24) is 4.98 Å². The first kappa shape index (κ1) is 15.9. The molecule has 1 heterocycles. The first-order chi connectivity index (χ1) is 9.31. The molecule has 1 aromatic carbocycles. The summed E-state index contributed by atoms with van der Waals surface area (Å²) in [5, 5.41) is 0.292. The summed E-state index contributed by atoms with van der Waals surface area (Å²) in [5.41, 5.74) is 0.234. The molecule has 0 aliphatic heterocycles. The van der Waals surface area contributed by atoms with Gasteiger partial charge in [0.1, 0.15) is 10.0 Å². The van der Waals surface area contributed by atoms with Crippen molar-refractivity contribution < 1.29 is 8.42 Å². The highest BCUT2D eigenvalue weighted by Crippen LogP contribution is 2.31. The average Bonchev–Trinajstić information content (AvgIpc) is 2.33. The van der Waals surface area contributed by atoms with E-state index >= 15 is 0 Å². The van der Waals surface area contributed by atoms with Crippen LogP contribution in [0.3, 0.4) is 0 Å². The second-order valence-corrected chi connectivity index (χ2v) is 7.30. The van der Waals surface area contributed by atoms with Crippen LogP contribution in [0.25, 0.3) is 0 Å². The maximum Gasteiger partial charge on any atom is 0.264 e. The van der Waals surface area contributed by atoms with Crippen LogP contribution < -0.4 is 4.72 Å². The van der Waals surface area contributed by atoms with Gasteiger partial charge in [-0.3, -0.25) is 4.72 Å². The van der Waals surface area contributed by atoms with Crippen molar-refractivity contribution in [2.45, 2.75) is 4.90 Å². The zero-order chi connectivity index (χ0) is 14.9. The van der Waals surface area contributed by atoms with Crippen LogP contribution in [0.2, 0.25) is 15.2 Å². The number of pyridine rings is 1. The summed E-state index contributed by atoms with van der Waals surface area (Å²) in [6, 6.07) is 5.93. The van der Waals surface area contributed by atoms with E-state index in [1.54, 1.807) is 6.07 Å². The quantitative estimate of drug-likeness (QED) is 0.744. The number of aromatic nitrogens is 1. The van der Waals surface area contributed by atoms with E-state index in [-0.39, 0.29) is 25.8 Å². The van der Waals surface area contributed by atoms with Crippen molar-refractivity contribution in [2.75, 3.05) is 4.72 Å². The third-order valence-corrected chi connectivity index (χ3v) is 5.71. The highest BCUT2D eigenvalue weighted by Gasteiger charge is 2.22. The van der Waals surface area contributed by atoms with Gasteiger partial charge in [-0.05, 0) is 34.1 Å². The molecule has 4 nitrogen and oxygen atoms in total. The molecular weight excluding hydrogens is 410 g/mol. The molecule has 106 valence electrons. The Morgan fingerprint density at radius 1 is 1.15 bits per heavy atom. The molecular formula is C11H6BrCl3N2O2S. The molecule has 20 heavy (non-hydrogen) atoms. The smallest absolute Gasteiger partial charge is 0.264 e. The van der Waals surface area contributed by atoms with Crippen LogP contribution in [-0.2, 0) is 10.0 Å². The maximum absolute atomic E-state index is 12.3. The van der Waals surface area contributed by atoms with Gasteiger partial charge in [0.15, 0.2) is 0 Å². The lowest BCUT2D eigenvalue weighted by Gasteiger charge is -2.11. The van der Waals surface area contributed by atoms with Crippen LogP contribution in [0.4, 0.5) is 5.69 Å². The summed E-state index contributed by atoms with van der Waals surface area (Å²) >= 11 is 20.7. The van der Waals surface area contributed by atoms with Crippen LogP contribution in [0.15, 0.2) is 39.8 Å². The lowest BCUT2D eigenvalue weighted by molar-refractivity contribution is 0.601. The first-order valence-electron chi connectivity index (χ1n) is 5.09. The predicted octanol–water partition coefficient (Wildman–Crippen LogP) is 4.61. The van der Waals surface area contributed by atoms with Gasteiger partial charge in [-0.2, -0.15) is 0 Å². The highest BCUT2D eigenvalue weighted by molar-refractivity contribution is 9.10. The Morgan fingerprint density at radius 2 is 1.75 bits per heavy atom. The Balaban J connectivity index is 2.43. The largest absolute Gasteiger partial charge is 0.278 e. The van der Waals surface area contributed by atoms with Crippen LogP contribution in [0.1, 0.15) is 0 Å². The van der Waals surface area contributed by atoms with E-state index in [1.165, 1.54) is 24.4 Å². The lowest BCUT2D eigenvalue weighted by Crippen LogP contribution is -2.14. The fraction of sp³-hybridized carbons (Fsp3) is 0. The van der Waals surface area contributed by atoms with Gasteiger partial charge in [0, 0.05) is 0 Å². The zero-order valence-electron chi connectivity index (χ0n) is 9.57. The standard InChI is InChI=1S/C11H6BrCl3N2O2S/c12-7-4-6(5-16-11(7)15)17-20(18,19)10-8(13)2-1-3-9(10)14/h1-5,17H. The lowest BCUT2D eigenvalue weighted by atomic mass is 10.4. The second kappa shape index (κ2) is 6.07. The van der Waals surface area contributed by atoms with E-state index < -0.39 is 10.0 Å². The molecule has 0 saturated heterocycles. The van der Waals surface area contributed by atoms with E-state index in [0.717, 1.165) is 0 Å². The molecule has 1 N–H and O–H groups in total. The van der Waals surface area contributed by atoms with Gasteiger partial charge in [-0.1, -0.05) is 40.9 Å². The van der Waals surface area contributed by atoms with Crippen LogP contribution in [-0.4, -0.2) is 13.4 Å².